The van der Waals surface area contributed by atoms with E-state index in [0.29, 0.717) is 26.1 Å². The summed E-state index contributed by atoms with van der Waals surface area (Å²) in [5, 5.41) is 0. The fraction of sp³-hybridized carbons (Fsp3) is 0.611. The normalized spacial score (nSPS) is 18.2. The SMILES string of the molecule is CN1C(=O)Cc2c(N3CCCN(C(=O)OC(C)(C)C)CC3)ccnc21. The minimum absolute atomic E-state index is 0.0696. The topological polar surface area (TPSA) is 66.0 Å². The molecule has 1 aromatic rings. The molecule has 2 aliphatic heterocycles. The Morgan fingerprint density at radius 3 is 2.68 bits per heavy atom. The average molecular weight is 346 g/mol. The molecule has 2 aliphatic rings. The summed E-state index contributed by atoms with van der Waals surface area (Å²) in [4.78, 5) is 34.3. The molecule has 1 saturated heterocycles. The first-order valence-electron chi connectivity index (χ1n) is 8.73. The minimum Gasteiger partial charge on any atom is -0.444 e. The molecule has 0 spiro atoms. The lowest BCUT2D eigenvalue weighted by molar-refractivity contribution is -0.117. The van der Waals surface area contributed by atoms with E-state index in [9.17, 15) is 9.59 Å². The monoisotopic (exact) mass is 346 g/mol. The number of likely N-dealkylation sites (N-methyl/N-ethyl adjacent to an activating group) is 1. The van der Waals surface area contributed by atoms with E-state index < -0.39 is 5.60 Å². The summed E-state index contributed by atoms with van der Waals surface area (Å²) in [6, 6.07) is 1.97. The fourth-order valence-corrected chi connectivity index (χ4v) is 3.28. The van der Waals surface area contributed by atoms with Crippen molar-refractivity contribution in [3.63, 3.8) is 0 Å². The molecule has 3 heterocycles. The zero-order valence-electron chi connectivity index (χ0n) is 15.4. The zero-order chi connectivity index (χ0) is 18.2. The molecule has 0 N–H and O–H groups in total. The summed E-state index contributed by atoms with van der Waals surface area (Å²) < 4.78 is 5.48. The van der Waals surface area contributed by atoms with Crippen LogP contribution in [0, 0.1) is 0 Å². The second-order valence-electron chi connectivity index (χ2n) is 7.57. The van der Waals surface area contributed by atoms with E-state index in [0.717, 1.165) is 30.0 Å². The highest BCUT2D eigenvalue weighted by molar-refractivity contribution is 6.01. The number of amides is 2. The number of rotatable bonds is 1. The maximum absolute atomic E-state index is 12.3. The van der Waals surface area contributed by atoms with Crippen LogP contribution >= 0.6 is 0 Å². The van der Waals surface area contributed by atoms with Gasteiger partial charge in [-0.05, 0) is 33.3 Å². The Hall–Kier alpha value is -2.31. The Labute approximate surface area is 148 Å². The molecule has 7 heteroatoms. The second-order valence-corrected chi connectivity index (χ2v) is 7.57. The number of hydrogen-bond donors (Lipinski definition) is 0. The molecule has 1 aromatic heterocycles. The van der Waals surface area contributed by atoms with Gasteiger partial charge in [0.15, 0.2) is 0 Å². The number of hydrogen-bond acceptors (Lipinski definition) is 5. The lowest BCUT2D eigenvalue weighted by Gasteiger charge is -2.27. The van der Waals surface area contributed by atoms with Crippen molar-refractivity contribution in [2.24, 2.45) is 0 Å². The van der Waals surface area contributed by atoms with Crippen LogP contribution in [0.25, 0.3) is 0 Å². The maximum atomic E-state index is 12.3. The van der Waals surface area contributed by atoms with Crippen molar-refractivity contribution in [2.45, 2.75) is 39.2 Å². The van der Waals surface area contributed by atoms with Crippen molar-refractivity contribution in [3.8, 4) is 0 Å². The Kier molecular flexibility index (Phi) is 4.58. The van der Waals surface area contributed by atoms with E-state index in [4.69, 9.17) is 4.74 Å². The van der Waals surface area contributed by atoms with Crippen LogP contribution in [0.15, 0.2) is 12.3 Å². The van der Waals surface area contributed by atoms with Crippen LogP contribution in [-0.2, 0) is 16.0 Å². The summed E-state index contributed by atoms with van der Waals surface area (Å²) in [6.07, 6.45) is 2.74. The fourth-order valence-electron chi connectivity index (χ4n) is 3.28. The molecule has 25 heavy (non-hydrogen) atoms. The van der Waals surface area contributed by atoms with Gasteiger partial charge in [0, 0.05) is 50.7 Å². The molecule has 136 valence electrons. The van der Waals surface area contributed by atoms with Gasteiger partial charge in [-0.25, -0.2) is 9.78 Å². The molecular formula is C18H26N4O3. The van der Waals surface area contributed by atoms with Crippen LogP contribution < -0.4 is 9.80 Å². The first-order valence-corrected chi connectivity index (χ1v) is 8.73. The number of fused-ring (bicyclic) bond motifs is 1. The zero-order valence-corrected chi connectivity index (χ0v) is 15.4. The van der Waals surface area contributed by atoms with Crippen LogP contribution in [0.5, 0.6) is 0 Å². The number of carbonyl (C=O) groups excluding carboxylic acids is 2. The molecule has 7 nitrogen and oxygen atoms in total. The van der Waals surface area contributed by atoms with Crippen LogP contribution in [0.3, 0.4) is 0 Å². The Balaban J connectivity index is 1.73. The molecule has 0 aromatic carbocycles. The Bertz CT molecular complexity index is 683. The van der Waals surface area contributed by atoms with E-state index in [1.807, 2.05) is 26.8 Å². The molecule has 0 saturated carbocycles. The van der Waals surface area contributed by atoms with Gasteiger partial charge in [0.05, 0.1) is 6.42 Å². The Morgan fingerprint density at radius 1 is 1.20 bits per heavy atom. The van der Waals surface area contributed by atoms with Gasteiger partial charge in [0.25, 0.3) is 0 Å². The van der Waals surface area contributed by atoms with E-state index in [2.05, 4.69) is 9.88 Å². The van der Waals surface area contributed by atoms with Gasteiger partial charge < -0.3 is 14.5 Å². The predicted octanol–water partition coefficient (Wildman–Crippen LogP) is 2.05. The van der Waals surface area contributed by atoms with Crippen molar-refractivity contribution in [2.75, 3.05) is 43.0 Å². The predicted molar refractivity (Wildman–Crippen MR) is 96.0 cm³/mol. The number of aromatic nitrogens is 1. The van der Waals surface area contributed by atoms with Gasteiger partial charge in [0.1, 0.15) is 11.4 Å². The van der Waals surface area contributed by atoms with E-state index >= 15 is 0 Å². The third kappa shape index (κ3) is 3.70. The molecular weight excluding hydrogens is 320 g/mol. The largest absolute Gasteiger partial charge is 0.444 e. The molecule has 0 aliphatic carbocycles. The highest BCUT2D eigenvalue weighted by Gasteiger charge is 2.30. The maximum Gasteiger partial charge on any atom is 0.410 e. The van der Waals surface area contributed by atoms with Crippen LogP contribution in [-0.4, -0.2) is 60.7 Å². The quantitative estimate of drug-likeness (QED) is 0.779. The van der Waals surface area contributed by atoms with Crippen molar-refractivity contribution < 1.29 is 14.3 Å². The molecule has 0 bridgehead atoms. The van der Waals surface area contributed by atoms with Crippen LogP contribution in [0.2, 0.25) is 0 Å². The molecule has 0 atom stereocenters. The summed E-state index contributed by atoms with van der Waals surface area (Å²) in [7, 11) is 1.76. The van der Waals surface area contributed by atoms with Crippen molar-refractivity contribution in [3.05, 3.63) is 17.8 Å². The summed E-state index contributed by atoms with van der Waals surface area (Å²) in [5.41, 5.74) is 1.55. The summed E-state index contributed by atoms with van der Waals surface area (Å²) >= 11 is 0. The molecule has 1 fully saturated rings. The second kappa shape index (κ2) is 6.54. The number of anilines is 2. The van der Waals surface area contributed by atoms with Gasteiger partial charge in [-0.2, -0.15) is 0 Å². The van der Waals surface area contributed by atoms with Crippen molar-refractivity contribution >= 4 is 23.5 Å². The lowest BCUT2D eigenvalue weighted by atomic mass is 10.1. The van der Waals surface area contributed by atoms with Crippen LogP contribution in [0.1, 0.15) is 32.8 Å². The first-order chi connectivity index (χ1) is 11.8. The number of pyridine rings is 1. The summed E-state index contributed by atoms with van der Waals surface area (Å²) in [5.74, 6) is 0.816. The van der Waals surface area contributed by atoms with Gasteiger partial charge >= 0.3 is 6.09 Å². The summed E-state index contributed by atoms with van der Waals surface area (Å²) in [6.45, 7) is 8.48. The Morgan fingerprint density at radius 2 is 1.96 bits per heavy atom. The van der Waals surface area contributed by atoms with Crippen LogP contribution in [0.4, 0.5) is 16.3 Å². The number of ether oxygens (including phenoxy) is 1. The van der Waals surface area contributed by atoms with Gasteiger partial charge in [0.2, 0.25) is 5.91 Å². The standard InChI is InChI=1S/C18H26N4O3/c1-18(2,3)25-17(24)22-9-5-8-21(10-11-22)14-6-7-19-16-13(14)12-15(23)20(16)4/h6-7H,5,8-12H2,1-4H3. The van der Waals surface area contributed by atoms with Gasteiger partial charge in [-0.1, -0.05) is 0 Å². The van der Waals surface area contributed by atoms with E-state index in [-0.39, 0.29) is 12.0 Å². The van der Waals surface area contributed by atoms with E-state index in [1.54, 1.807) is 23.0 Å². The molecule has 0 radical (unpaired) electrons. The third-order valence-electron chi connectivity index (χ3n) is 4.52. The molecule has 0 unspecified atom stereocenters. The highest BCUT2D eigenvalue weighted by atomic mass is 16.6. The number of nitrogens with zero attached hydrogens (tertiary/aromatic N) is 4. The van der Waals surface area contributed by atoms with E-state index in [1.165, 1.54) is 0 Å². The average Bonchev–Trinajstić information content (AvgIpc) is 2.73. The lowest BCUT2D eigenvalue weighted by Crippen LogP contribution is -2.39. The molecule has 2 amide bonds. The van der Waals surface area contributed by atoms with Gasteiger partial charge in [-0.15, -0.1) is 0 Å². The first kappa shape index (κ1) is 17.5. The molecule has 3 rings (SSSR count). The number of carbonyl (C=O) groups is 2. The van der Waals surface area contributed by atoms with Crippen molar-refractivity contribution in [1.82, 2.24) is 9.88 Å². The minimum atomic E-state index is -0.486. The van der Waals surface area contributed by atoms with Crippen molar-refractivity contribution in [1.29, 1.82) is 0 Å². The third-order valence-corrected chi connectivity index (χ3v) is 4.52. The highest BCUT2D eigenvalue weighted by Crippen LogP contribution is 2.33. The van der Waals surface area contributed by atoms with Gasteiger partial charge in [-0.3, -0.25) is 9.69 Å². The smallest absolute Gasteiger partial charge is 0.410 e.